The van der Waals surface area contributed by atoms with Crippen molar-refractivity contribution in [2.45, 2.75) is 5.75 Å². The Hall–Kier alpha value is -2.62. The van der Waals surface area contributed by atoms with Gasteiger partial charge >= 0.3 is 0 Å². The van der Waals surface area contributed by atoms with Crippen LogP contribution in [0.25, 0.3) is 0 Å². The Morgan fingerprint density at radius 1 is 1.00 bits per heavy atom. The first kappa shape index (κ1) is 22.1. The monoisotopic (exact) mass is 433 g/mol. The summed E-state index contributed by atoms with van der Waals surface area (Å²) in [7, 11) is 1.67. The van der Waals surface area contributed by atoms with Crippen LogP contribution in [-0.4, -0.2) is 71.0 Å². The maximum atomic E-state index is 12.6. The number of piperazine rings is 1. The first-order valence-corrected chi connectivity index (χ1v) is 11.2. The number of benzene rings is 2. The molecule has 30 heavy (non-hydrogen) atoms. The van der Waals surface area contributed by atoms with Crippen LogP contribution < -0.4 is 14.8 Å². The van der Waals surface area contributed by atoms with E-state index in [1.54, 1.807) is 49.6 Å². The molecule has 1 fully saturated rings. The number of likely N-dealkylation sites (N-methyl/N-ethyl adjacent to an activating group) is 1. The Balaban J connectivity index is 1.66. The van der Waals surface area contributed by atoms with Crippen LogP contribution in [0.4, 0.5) is 5.69 Å². The Morgan fingerprint density at radius 2 is 1.67 bits per heavy atom. The highest BCUT2D eigenvalue weighted by Gasteiger charge is 2.25. The molecule has 0 aliphatic carbocycles. The minimum absolute atomic E-state index is 0.0785. The van der Waals surface area contributed by atoms with Crippen molar-refractivity contribution in [3.63, 3.8) is 0 Å². The lowest BCUT2D eigenvalue weighted by Crippen LogP contribution is -2.47. The number of sulfonamides is 1. The van der Waals surface area contributed by atoms with E-state index in [0.717, 1.165) is 13.1 Å². The molecule has 0 radical (unpaired) electrons. The second kappa shape index (κ2) is 9.46. The van der Waals surface area contributed by atoms with Crippen molar-refractivity contribution < 1.29 is 22.7 Å². The van der Waals surface area contributed by atoms with Crippen LogP contribution in [0.3, 0.4) is 0 Å². The number of methoxy groups -OCH3 is 2. The highest BCUT2D eigenvalue weighted by Crippen LogP contribution is 2.29. The van der Waals surface area contributed by atoms with Gasteiger partial charge in [0.2, 0.25) is 10.0 Å². The van der Waals surface area contributed by atoms with Gasteiger partial charge in [-0.2, -0.15) is 4.31 Å². The Kier molecular flexibility index (Phi) is 6.96. The smallest absolute Gasteiger partial charge is 0.255 e. The molecule has 2 aromatic rings. The molecule has 0 aromatic heterocycles. The Morgan fingerprint density at radius 3 is 2.27 bits per heavy atom. The summed E-state index contributed by atoms with van der Waals surface area (Å²) >= 11 is 0. The molecule has 1 N–H and O–H groups in total. The van der Waals surface area contributed by atoms with Gasteiger partial charge in [0.1, 0.15) is 11.5 Å². The summed E-state index contributed by atoms with van der Waals surface area (Å²) in [6.07, 6.45) is 0. The van der Waals surface area contributed by atoms with Gasteiger partial charge in [-0.15, -0.1) is 0 Å². The normalized spacial score (nSPS) is 15.6. The summed E-state index contributed by atoms with van der Waals surface area (Å²) in [5.41, 5.74) is 1.59. The van der Waals surface area contributed by atoms with E-state index in [9.17, 15) is 13.2 Å². The van der Waals surface area contributed by atoms with Crippen LogP contribution in [-0.2, 0) is 15.8 Å². The van der Waals surface area contributed by atoms with Gasteiger partial charge in [-0.3, -0.25) is 4.79 Å². The molecule has 0 atom stereocenters. The van der Waals surface area contributed by atoms with E-state index >= 15 is 0 Å². The van der Waals surface area contributed by atoms with Gasteiger partial charge in [0.05, 0.1) is 25.7 Å². The fourth-order valence-electron chi connectivity index (χ4n) is 3.22. The minimum Gasteiger partial charge on any atom is -0.497 e. The maximum absolute atomic E-state index is 12.6. The molecule has 0 spiro atoms. The van der Waals surface area contributed by atoms with Crippen LogP contribution in [0.1, 0.15) is 15.9 Å². The standard InChI is InChI=1S/C21H27N3O5S/c1-23-10-12-24(13-11-23)30(26,27)15-16-4-6-17(7-5-16)21(25)22-19-9-8-18(28-2)14-20(19)29-3/h4-9,14H,10-13,15H2,1-3H3,(H,22,25). The summed E-state index contributed by atoms with van der Waals surface area (Å²) in [6.45, 7) is 2.46. The predicted octanol–water partition coefficient (Wildman–Crippen LogP) is 2.03. The lowest BCUT2D eigenvalue weighted by Gasteiger charge is -2.31. The number of carbonyl (C=O) groups is 1. The number of ether oxygens (including phenoxy) is 2. The Labute approximate surface area is 177 Å². The fraction of sp³-hybridized carbons (Fsp3) is 0.381. The SMILES string of the molecule is COc1ccc(NC(=O)c2ccc(CS(=O)(=O)N3CCN(C)CC3)cc2)c(OC)c1. The van der Waals surface area contributed by atoms with Gasteiger partial charge in [-0.05, 0) is 36.9 Å². The summed E-state index contributed by atoms with van der Waals surface area (Å²) in [5, 5.41) is 2.80. The summed E-state index contributed by atoms with van der Waals surface area (Å²) < 4.78 is 37.3. The molecule has 162 valence electrons. The van der Waals surface area contributed by atoms with E-state index in [4.69, 9.17) is 9.47 Å². The number of anilines is 1. The van der Waals surface area contributed by atoms with Crippen molar-refractivity contribution >= 4 is 21.6 Å². The molecule has 3 rings (SSSR count). The number of amides is 1. The Bertz CT molecular complexity index is 984. The second-order valence-corrected chi connectivity index (χ2v) is 9.14. The zero-order chi connectivity index (χ0) is 21.7. The molecule has 0 bridgehead atoms. The zero-order valence-corrected chi connectivity index (χ0v) is 18.2. The molecular formula is C21H27N3O5S. The molecular weight excluding hydrogens is 406 g/mol. The van der Waals surface area contributed by atoms with E-state index < -0.39 is 10.0 Å². The molecule has 0 saturated carbocycles. The second-order valence-electron chi connectivity index (χ2n) is 7.18. The highest BCUT2D eigenvalue weighted by molar-refractivity contribution is 7.88. The number of hydrogen-bond donors (Lipinski definition) is 1. The quantitative estimate of drug-likeness (QED) is 0.719. The molecule has 0 unspecified atom stereocenters. The summed E-state index contributed by atoms with van der Waals surface area (Å²) in [6, 6.07) is 11.7. The molecule has 8 nitrogen and oxygen atoms in total. The number of nitrogens with zero attached hydrogens (tertiary/aromatic N) is 2. The third-order valence-electron chi connectivity index (χ3n) is 5.08. The average Bonchev–Trinajstić information content (AvgIpc) is 2.74. The van der Waals surface area contributed by atoms with Crippen molar-refractivity contribution in [3.8, 4) is 11.5 Å². The van der Waals surface area contributed by atoms with E-state index in [0.29, 0.717) is 41.4 Å². The minimum atomic E-state index is -3.38. The predicted molar refractivity (Wildman–Crippen MR) is 116 cm³/mol. The summed E-state index contributed by atoms with van der Waals surface area (Å²) in [5.74, 6) is 0.713. The van der Waals surface area contributed by atoms with Gasteiger partial charge in [0, 0.05) is 37.8 Å². The molecule has 1 saturated heterocycles. The van der Waals surface area contributed by atoms with E-state index in [2.05, 4.69) is 10.2 Å². The van der Waals surface area contributed by atoms with Crippen molar-refractivity contribution in [1.82, 2.24) is 9.21 Å². The fourth-order valence-corrected chi connectivity index (χ4v) is 4.73. The van der Waals surface area contributed by atoms with Crippen LogP contribution in [0.15, 0.2) is 42.5 Å². The van der Waals surface area contributed by atoms with Crippen LogP contribution >= 0.6 is 0 Å². The molecule has 1 aliphatic heterocycles. The number of carbonyl (C=O) groups excluding carboxylic acids is 1. The average molecular weight is 434 g/mol. The van der Waals surface area contributed by atoms with E-state index in [1.165, 1.54) is 11.4 Å². The molecule has 9 heteroatoms. The van der Waals surface area contributed by atoms with Crippen molar-refractivity contribution in [2.75, 3.05) is 52.8 Å². The maximum Gasteiger partial charge on any atom is 0.255 e. The molecule has 2 aromatic carbocycles. The van der Waals surface area contributed by atoms with Gasteiger partial charge in [0.15, 0.2) is 0 Å². The third-order valence-corrected chi connectivity index (χ3v) is 6.93. The molecule has 1 heterocycles. The first-order valence-electron chi connectivity index (χ1n) is 9.61. The van der Waals surface area contributed by atoms with E-state index in [-0.39, 0.29) is 11.7 Å². The molecule has 1 amide bonds. The lowest BCUT2D eigenvalue weighted by atomic mass is 10.1. The van der Waals surface area contributed by atoms with E-state index in [1.807, 2.05) is 7.05 Å². The van der Waals surface area contributed by atoms with Crippen molar-refractivity contribution in [2.24, 2.45) is 0 Å². The highest BCUT2D eigenvalue weighted by atomic mass is 32.2. The number of nitrogens with one attached hydrogen (secondary N) is 1. The van der Waals surface area contributed by atoms with Crippen molar-refractivity contribution in [1.29, 1.82) is 0 Å². The van der Waals surface area contributed by atoms with Crippen LogP contribution in [0, 0.1) is 0 Å². The lowest BCUT2D eigenvalue weighted by molar-refractivity contribution is 0.102. The van der Waals surface area contributed by atoms with Crippen molar-refractivity contribution in [3.05, 3.63) is 53.6 Å². The summed E-state index contributed by atoms with van der Waals surface area (Å²) in [4.78, 5) is 14.7. The van der Waals surface area contributed by atoms with Gasteiger partial charge in [-0.25, -0.2) is 8.42 Å². The van der Waals surface area contributed by atoms with Crippen LogP contribution in [0.2, 0.25) is 0 Å². The van der Waals surface area contributed by atoms with Gasteiger partial charge in [-0.1, -0.05) is 12.1 Å². The van der Waals surface area contributed by atoms with Gasteiger partial charge < -0.3 is 19.7 Å². The first-order chi connectivity index (χ1) is 14.3. The largest absolute Gasteiger partial charge is 0.497 e. The topological polar surface area (TPSA) is 88.2 Å². The number of hydrogen-bond acceptors (Lipinski definition) is 6. The van der Waals surface area contributed by atoms with Gasteiger partial charge in [0.25, 0.3) is 5.91 Å². The number of rotatable bonds is 7. The zero-order valence-electron chi connectivity index (χ0n) is 17.4. The molecule has 1 aliphatic rings. The van der Waals surface area contributed by atoms with Crippen LogP contribution in [0.5, 0.6) is 11.5 Å². The third kappa shape index (κ3) is 5.29.